The molecule has 5 nitrogen and oxygen atoms in total. The zero-order valence-corrected chi connectivity index (χ0v) is 19.9. The predicted octanol–water partition coefficient (Wildman–Crippen LogP) is 5.05. The molecule has 6 heteroatoms. The number of carbonyl (C=O) groups is 2. The maximum Gasteiger partial charge on any atom is 0.262 e. The quantitative estimate of drug-likeness (QED) is 0.396. The lowest BCUT2D eigenvalue weighted by molar-refractivity contribution is -0.134. The smallest absolute Gasteiger partial charge is 0.262 e. The summed E-state index contributed by atoms with van der Waals surface area (Å²) in [6.45, 7) is 1.46. The van der Waals surface area contributed by atoms with E-state index in [0.717, 1.165) is 48.8 Å². The van der Waals surface area contributed by atoms with Crippen LogP contribution in [0.1, 0.15) is 33.6 Å². The number of benzene rings is 2. The summed E-state index contributed by atoms with van der Waals surface area (Å²) in [5.41, 5.74) is 3.43. The number of hydrogen-bond acceptors (Lipinski definition) is 3. The summed E-state index contributed by atoms with van der Waals surface area (Å²) in [5, 5.41) is 6.00. The van der Waals surface area contributed by atoms with Crippen LogP contribution in [0.2, 0.25) is 0 Å². The zero-order valence-electron chi connectivity index (χ0n) is 19.1. The number of H-pyrrole nitrogens is 1. The number of amides is 2. The van der Waals surface area contributed by atoms with Crippen LogP contribution in [-0.2, 0) is 17.6 Å². The molecule has 0 unspecified atom stereocenters. The minimum absolute atomic E-state index is 0.00773. The van der Waals surface area contributed by atoms with Crippen molar-refractivity contribution < 1.29 is 9.59 Å². The second kappa shape index (κ2) is 10.3. The fraction of sp³-hybridized carbons (Fsp3) is 0.286. The van der Waals surface area contributed by atoms with E-state index in [2.05, 4.69) is 40.6 Å². The molecule has 2 N–H and O–H groups in total. The summed E-state index contributed by atoms with van der Waals surface area (Å²) in [7, 11) is 0. The normalized spacial score (nSPS) is 15.4. The highest BCUT2D eigenvalue weighted by Gasteiger charge is 2.30. The van der Waals surface area contributed by atoms with Crippen LogP contribution < -0.4 is 5.32 Å². The monoisotopic (exact) mass is 471 g/mol. The van der Waals surface area contributed by atoms with Crippen molar-refractivity contribution in [1.82, 2.24) is 15.2 Å². The number of para-hydroxylation sites is 1. The first-order valence-electron chi connectivity index (χ1n) is 11.9. The van der Waals surface area contributed by atoms with Crippen LogP contribution >= 0.6 is 11.3 Å². The van der Waals surface area contributed by atoms with Gasteiger partial charge in [0.05, 0.1) is 4.88 Å². The van der Waals surface area contributed by atoms with Crippen LogP contribution in [0.3, 0.4) is 0 Å². The average Bonchev–Trinajstić information content (AvgIpc) is 3.55. The number of nitrogens with one attached hydrogen (secondary N) is 2. The molecule has 1 fully saturated rings. The summed E-state index contributed by atoms with van der Waals surface area (Å²) in [4.78, 5) is 32.4. The van der Waals surface area contributed by atoms with Crippen molar-refractivity contribution in [3.8, 4) is 0 Å². The first kappa shape index (κ1) is 22.4. The van der Waals surface area contributed by atoms with Crippen LogP contribution in [0.4, 0.5) is 0 Å². The number of aromatic amines is 1. The number of fused-ring (bicyclic) bond motifs is 1. The van der Waals surface area contributed by atoms with Crippen molar-refractivity contribution in [2.45, 2.75) is 31.7 Å². The van der Waals surface area contributed by atoms with E-state index in [1.165, 1.54) is 16.9 Å². The molecule has 1 aliphatic heterocycles. The van der Waals surface area contributed by atoms with Gasteiger partial charge in [0, 0.05) is 36.6 Å². The van der Waals surface area contributed by atoms with Crippen LogP contribution in [0.15, 0.2) is 78.3 Å². The highest BCUT2D eigenvalue weighted by molar-refractivity contribution is 7.12. The van der Waals surface area contributed by atoms with Gasteiger partial charge in [0.15, 0.2) is 0 Å². The van der Waals surface area contributed by atoms with E-state index < -0.39 is 6.04 Å². The second-order valence-electron chi connectivity index (χ2n) is 9.03. The standard InChI is InChI=1S/C28H29N3O2S/c32-27(26-11-6-16-34-26)30-25(18-22-19-29-24-10-5-4-9-23(22)24)28(33)31-14-12-21(13-15-31)17-20-7-2-1-3-8-20/h1-11,16,19,21,25,29H,12-15,17-18H2,(H,30,32)/t25-/m0/s1. The van der Waals surface area contributed by atoms with Gasteiger partial charge in [0.1, 0.15) is 6.04 Å². The van der Waals surface area contributed by atoms with E-state index in [4.69, 9.17) is 0 Å². The summed E-state index contributed by atoms with van der Waals surface area (Å²) in [6.07, 6.45) is 5.44. The molecule has 34 heavy (non-hydrogen) atoms. The minimum Gasteiger partial charge on any atom is -0.361 e. The van der Waals surface area contributed by atoms with Crippen LogP contribution in [0.5, 0.6) is 0 Å². The van der Waals surface area contributed by atoms with E-state index in [9.17, 15) is 9.59 Å². The highest BCUT2D eigenvalue weighted by atomic mass is 32.1. The third-order valence-electron chi connectivity index (χ3n) is 6.74. The molecule has 3 heterocycles. The molecule has 5 rings (SSSR count). The number of piperidine rings is 1. The Balaban J connectivity index is 1.29. The van der Waals surface area contributed by atoms with Gasteiger partial charge in [0.25, 0.3) is 5.91 Å². The van der Waals surface area contributed by atoms with Crippen molar-refractivity contribution >= 4 is 34.1 Å². The second-order valence-corrected chi connectivity index (χ2v) is 9.97. The van der Waals surface area contributed by atoms with Gasteiger partial charge in [-0.05, 0) is 53.8 Å². The van der Waals surface area contributed by atoms with E-state index in [0.29, 0.717) is 17.2 Å². The van der Waals surface area contributed by atoms with E-state index in [1.807, 2.05) is 46.8 Å². The van der Waals surface area contributed by atoms with E-state index in [1.54, 1.807) is 6.07 Å². The van der Waals surface area contributed by atoms with Crippen LogP contribution in [0.25, 0.3) is 10.9 Å². The molecular weight excluding hydrogens is 442 g/mol. The number of likely N-dealkylation sites (tertiary alicyclic amines) is 1. The first-order valence-corrected chi connectivity index (χ1v) is 12.8. The van der Waals surface area contributed by atoms with Gasteiger partial charge in [0.2, 0.25) is 5.91 Å². The topological polar surface area (TPSA) is 65.2 Å². The SMILES string of the molecule is O=C(N[C@@H](Cc1c[nH]c2ccccc12)C(=O)N1CCC(Cc2ccccc2)CC1)c1cccs1. The fourth-order valence-electron chi connectivity index (χ4n) is 4.88. The largest absolute Gasteiger partial charge is 0.361 e. The molecule has 2 amide bonds. The first-order chi connectivity index (χ1) is 16.7. The Hall–Kier alpha value is -3.38. The van der Waals surface area contributed by atoms with Crippen molar-refractivity contribution in [3.05, 3.63) is 94.3 Å². The Morgan fingerprint density at radius 2 is 1.76 bits per heavy atom. The van der Waals surface area contributed by atoms with Crippen molar-refractivity contribution in [2.24, 2.45) is 5.92 Å². The summed E-state index contributed by atoms with van der Waals surface area (Å²) in [6, 6.07) is 21.7. The molecule has 0 bridgehead atoms. The molecule has 0 saturated carbocycles. The van der Waals surface area contributed by atoms with Gasteiger partial charge in [-0.15, -0.1) is 11.3 Å². The maximum absolute atomic E-state index is 13.6. The molecule has 1 aliphatic rings. The van der Waals surface area contributed by atoms with E-state index >= 15 is 0 Å². The van der Waals surface area contributed by atoms with Gasteiger partial charge >= 0.3 is 0 Å². The maximum atomic E-state index is 13.6. The lowest BCUT2D eigenvalue weighted by Gasteiger charge is -2.34. The number of thiophene rings is 1. The highest BCUT2D eigenvalue weighted by Crippen LogP contribution is 2.24. The lowest BCUT2D eigenvalue weighted by Crippen LogP contribution is -2.51. The van der Waals surface area contributed by atoms with Crippen LogP contribution in [-0.4, -0.2) is 40.8 Å². The molecule has 4 aromatic rings. The van der Waals surface area contributed by atoms with Crippen molar-refractivity contribution in [3.63, 3.8) is 0 Å². The number of hydrogen-bond donors (Lipinski definition) is 2. The zero-order chi connectivity index (χ0) is 23.3. The Labute approximate surface area is 203 Å². The van der Waals surface area contributed by atoms with E-state index in [-0.39, 0.29) is 11.8 Å². The average molecular weight is 472 g/mol. The Morgan fingerprint density at radius 3 is 2.53 bits per heavy atom. The van der Waals surface area contributed by atoms with Gasteiger partial charge in [-0.1, -0.05) is 54.6 Å². The van der Waals surface area contributed by atoms with Gasteiger partial charge in [-0.25, -0.2) is 0 Å². The number of carbonyl (C=O) groups excluding carboxylic acids is 2. The molecule has 1 atom stereocenters. The molecule has 0 spiro atoms. The number of nitrogens with zero attached hydrogens (tertiary/aromatic N) is 1. The molecular formula is C28H29N3O2S. The van der Waals surface area contributed by atoms with Gasteiger partial charge in [-0.2, -0.15) is 0 Å². The predicted molar refractivity (Wildman–Crippen MR) is 137 cm³/mol. The van der Waals surface area contributed by atoms with Gasteiger partial charge < -0.3 is 15.2 Å². The summed E-state index contributed by atoms with van der Waals surface area (Å²) in [5.74, 6) is 0.403. The van der Waals surface area contributed by atoms with Crippen molar-refractivity contribution in [1.29, 1.82) is 0 Å². The molecule has 1 saturated heterocycles. The molecule has 174 valence electrons. The minimum atomic E-state index is -0.598. The molecule has 0 radical (unpaired) electrons. The molecule has 0 aliphatic carbocycles. The fourth-order valence-corrected chi connectivity index (χ4v) is 5.51. The van der Waals surface area contributed by atoms with Gasteiger partial charge in [-0.3, -0.25) is 9.59 Å². The summed E-state index contributed by atoms with van der Waals surface area (Å²) >= 11 is 1.39. The molecule has 2 aromatic carbocycles. The third kappa shape index (κ3) is 5.07. The van der Waals surface area contributed by atoms with Crippen molar-refractivity contribution in [2.75, 3.05) is 13.1 Å². The van der Waals surface area contributed by atoms with Crippen LogP contribution in [0, 0.1) is 5.92 Å². The summed E-state index contributed by atoms with van der Waals surface area (Å²) < 4.78 is 0. The third-order valence-corrected chi connectivity index (χ3v) is 7.61. The number of rotatable bonds is 7. The lowest BCUT2D eigenvalue weighted by atomic mass is 9.90. The Bertz CT molecular complexity index is 1240. The Kier molecular flexibility index (Phi) is 6.77. The Morgan fingerprint density at radius 1 is 1.00 bits per heavy atom. The number of aromatic nitrogens is 1. The molecule has 2 aromatic heterocycles.